The van der Waals surface area contributed by atoms with E-state index in [1.807, 2.05) is 13.0 Å². The minimum Gasteiger partial charge on any atom is -0.747 e. The molecule has 0 saturated heterocycles. The molecule has 0 aromatic heterocycles. The van der Waals surface area contributed by atoms with E-state index in [2.05, 4.69) is 6.92 Å². The second-order valence-corrected chi connectivity index (χ2v) is 9.13. The number of carbonyl (C=O) groups is 1. The smallest absolute Gasteiger partial charge is 0.747 e. The van der Waals surface area contributed by atoms with Gasteiger partial charge in [0.05, 0.1) is 11.9 Å². The van der Waals surface area contributed by atoms with Crippen LogP contribution in [0.1, 0.15) is 110 Å². The van der Waals surface area contributed by atoms with E-state index in [9.17, 15) is 17.8 Å². The average Bonchev–Trinajstić information content (AvgIpc) is 2.64. The normalized spacial score (nSPS) is 12.7. The third kappa shape index (κ3) is 21.1. The van der Waals surface area contributed by atoms with Gasteiger partial charge in [-0.15, -0.1) is 0 Å². The second kappa shape index (κ2) is 21.4. The molecule has 0 saturated carbocycles. The molecule has 0 spiro atoms. The molecule has 0 aromatic carbocycles. The maximum atomic E-state index is 11.5. The van der Waals surface area contributed by atoms with Crippen molar-refractivity contribution in [3.05, 3.63) is 12.2 Å². The first-order valence-corrected chi connectivity index (χ1v) is 12.7. The Morgan fingerprint density at radius 3 is 2.14 bits per heavy atom. The van der Waals surface area contributed by atoms with Gasteiger partial charge in [-0.3, -0.25) is 4.79 Å². The predicted octanol–water partition coefficient (Wildman–Crippen LogP) is 2.89. The van der Waals surface area contributed by atoms with Gasteiger partial charge in [0, 0.05) is 6.42 Å². The Morgan fingerprint density at radius 2 is 1.48 bits per heavy atom. The zero-order valence-corrected chi connectivity index (χ0v) is 21.8. The van der Waals surface area contributed by atoms with E-state index < -0.39 is 15.4 Å². The van der Waals surface area contributed by atoms with Crippen molar-refractivity contribution in [2.45, 2.75) is 115 Å². The summed E-state index contributed by atoms with van der Waals surface area (Å²) in [6.07, 6.45) is 17.2. The minimum absolute atomic E-state index is 0. The van der Waals surface area contributed by atoms with Gasteiger partial charge in [0.15, 0.2) is 0 Å². The zero-order valence-electron chi connectivity index (χ0n) is 19.0. The molecule has 0 aromatic rings. The Morgan fingerprint density at radius 1 is 0.897 bits per heavy atom. The fourth-order valence-electron chi connectivity index (χ4n) is 3.00. The van der Waals surface area contributed by atoms with Crippen LogP contribution in [-0.4, -0.2) is 30.8 Å². The molecule has 1 atom stereocenters. The van der Waals surface area contributed by atoms with Crippen LogP contribution in [-0.2, 0) is 19.6 Å². The summed E-state index contributed by atoms with van der Waals surface area (Å²) in [5, 5.41) is -0.924. The fourth-order valence-corrected chi connectivity index (χ4v) is 3.76. The molecule has 5 nitrogen and oxygen atoms in total. The quantitative estimate of drug-likeness (QED) is 0.101. The first kappa shape index (κ1) is 31.3. The van der Waals surface area contributed by atoms with Gasteiger partial charge in [0.2, 0.25) is 0 Å². The summed E-state index contributed by atoms with van der Waals surface area (Å²) in [6, 6.07) is 0. The Bertz CT molecular complexity index is 505. The molecule has 0 amide bonds. The van der Waals surface area contributed by atoms with Crippen molar-refractivity contribution >= 4 is 16.1 Å². The van der Waals surface area contributed by atoms with Crippen molar-refractivity contribution in [2.75, 3.05) is 6.61 Å². The van der Waals surface area contributed by atoms with Crippen molar-refractivity contribution in [2.24, 2.45) is 0 Å². The summed E-state index contributed by atoms with van der Waals surface area (Å²) < 4.78 is 39.4. The number of hydrogen-bond donors (Lipinski definition) is 0. The van der Waals surface area contributed by atoms with Crippen molar-refractivity contribution in [3.63, 3.8) is 0 Å². The second-order valence-electron chi connectivity index (χ2n) is 7.54. The third-order valence-corrected chi connectivity index (χ3v) is 5.96. The van der Waals surface area contributed by atoms with Crippen LogP contribution in [0.15, 0.2) is 12.2 Å². The van der Waals surface area contributed by atoms with Gasteiger partial charge in [-0.05, 0) is 32.1 Å². The van der Waals surface area contributed by atoms with Crippen LogP contribution in [0.4, 0.5) is 0 Å². The van der Waals surface area contributed by atoms with Crippen LogP contribution in [0.2, 0.25) is 0 Å². The van der Waals surface area contributed by atoms with Gasteiger partial charge in [-0.1, -0.05) is 83.8 Å². The fraction of sp³-hybridized carbons (Fsp3) is 0.864. The van der Waals surface area contributed by atoms with Crippen LogP contribution < -0.4 is 29.6 Å². The molecule has 0 aliphatic heterocycles. The van der Waals surface area contributed by atoms with E-state index in [0.717, 1.165) is 51.4 Å². The molecule has 0 fully saturated rings. The Balaban J connectivity index is 0. The Labute approximate surface area is 201 Å². The van der Waals surface area contributed by atoms with E-state index >= 15 is 0 Å². The van der Waals surface area contributed by atoms with Gasteiger partial charge >= 0.3 is 35.5 Å². The zero-order chi connectivity index (χ0) is 21.1. The molecule has 0 heterocycles. The van der Waals surface area contributed by atoms with Gasteiger partial charge in [0.1, 0.15) is 10.1 Å². The number of unbranched alkanes of at least 4 members (excludes halogenated alkanes) is 10. The summed E-state index contributed by atoms with van der Waals surface area (Å²) in [4.78, 5) is 11.5. The number of ether oxygens (including phenoxy) is 1. The molecule has 29 heavy (non-hydrogen) atoms. The Kier molecular flexibility index (Phi) is 23.1. The van der Waals surface area contributed by atoms with E-state index in [1.165, 1.54) is 25.7 Å². The maximum absolute atomic E-state index is 11.5. The molecule has 166 valence electrons. The number of hydrogen-bond acceptors (Lipinski definition) is 5. The van der Waals surface area contributed by atoms with Crippen LogP contribution in [0, 0.1) is 0 Å². The number of allylic oxidation sites excluding steroid dienone is 1. The summed E-state index contributed by atoms with van der Waals surface area (Å²) in [6.45, 7) is 4.73. The number of carbonyl (C=O) groups excluding carboxylic acids is 1. The average molecular weight is 441 g/mol. The molecule has 7 heteroatoms. The molecular formula is C22H41NaO5S. The molecule has 1 unspecified atom stereocenters. The maximum Gasteiger partial charge on any atom is 1.00 e. The summed E-state index contributed by atoms with van der Waals surface area (Å²) in [5.41, 5.74) is 0. The summed E-state index contributed by atoms with van der Waals surface area (Å²) in [7, 11) is -4.30. The standard InChI is InChI=1S/C22H42O5S.Na/c1-3-5-7-8-9-10-11-14-17-21(28(24,25)26)18-15-12-13-16-19-22(23)27-20-6-4-2;/h14,17,21H,3-13,15-16,18-20H2,1-2H3,(H,24,25,26);/q;+1/p-1/b17-14+;. The Hall–Kier alpha value is 0.120. The van der Waals surface area contributed by atoms with Gasteiger partial charge in [0.25, 0.3) is 0 Å². The molecule has 0 aliphatic carbocycles. The topological polar surface area (TPSA) is 83.5 Å². The largest absolute Gasteiger partial charge is 1.00 e. The SMILES string of the molecule is CCCCCCCC/C=C/C(CCCCCCC(=O)OCCCC)S(=O)(=O)[O-].[Na+]. The first-order chi connectivity index (χ1) is 13.4. The van der Waals surface area contributed by atoms with E-state index in [4.69, 9.17) is 4.74 Å². The van der Waals surface area contributed by atoms with E-state index in [1.54, 1.807) is 6.08 Å². The van der Waals surface area contributed by atoms with Crippen LogP contribution >= 0.6 is 0 Å². The van der Waals surface area contributed by atoms with Crippen molar-refractivity contribution in [1.29, 1.82) is 0 Å². The molecule has 0 aliphatic rings. The molecule has 0 bridgehead atoms. The molecule has 0 rings (SSSR count). The minimum atomic E-state index is -4.30. The van der Waals surface area contributed by atoms with Gasteiger partial charge in [-0.2, -0.15) is 0 Å². The number of esters is 1. The van der Waals surface area contributed by atoms with Gasteiger partial charge in [-0.25, -0.2) is 8.42 Å². The molecule has 0 N–H and O–H groups in total. The van der Waals surface area contributed by atoms with Crippen molar-refractivity contribution in [3.8, 4) is 0 Å². The molecular weight excluding hydrogens is 399 g/mol. The van der Waals surface area contributed by atoms with Crippen molar-refractivity contribution < 1.29 is 52.1 Å². The number of rotatable bonds is 19. The third-order valence-electron chi connectivity index (χ3n) is 4.83. The van der Waals surface area contributed by atoms with E-state index in [0.29, 0.717) is 25.9 Å². The van der Waals surface area contributed by atoms with Gasteiger partial charge < -0.3 is 9.29 Å². The van der Waals surface area contributed by atoms with E-state index in [-0.39, 0.29) is 35.5 Å². The summed E-state index contributed by atoms with van der Waals surface area (Å²) >= 11 is 0. The van der Waals surface area contributed by atoms with Crippen molar-refractivity contribution in [1.82, 2.24) is 0 Å². The van der Waals surface area contributed by atoms with Crippen LogP contribution in [0.25, 0.3) is 0 Å². The monoisotopic (exact) mass is 440 g/mol. The predicted molar refractivity (Wildman–Crippen MR) is 114 cm³/mol. The molecule has 0 radical (unpaired) electrons. The summed E-state index contributed by atoms with van der Waals surface area (Å²) in [5.74, 6) is -0.161. The van der Waals surface area contributed by atoms with Crippen LogP contribution in [0.5, 0.6) is 0 Å². The van der Waals surface area contributed by atoms with Crippen LogP contribution in [0.3, 0.4) is 0 Å². The first-order valence-electron chi connectivity index (χ1n) is 11.2.